The van der Waals surface area contributed by atoms with E-state index in [0.717, 1.165) is 74.9 Å². The molecular weight excluding hydrogens is 474 g/mol. The van der Waals surface area contributed by atoms with Crippen molar-refractivity contribution in [1.82, 2.24) is 35.1 Å². The van der Waals surface area contributed by atoms with Gasteiger partial charge in [0.1, 0.15) is 11.6 Å². The summed E-state index contributed by atoms with van der Waals surface area (Å²) in [5.41, 5.74) is 3.12. The van der Waals surface area contributed by atoms with Gasteiger partial charge in [0, 0.05) is 78.6 Å². The summed E-state index contributed by atoms with van der Waals surface area (Å²) >= 11 is 5.73. The first-order chi connectivity index (χ1) is 16.9. The Bertz CT molecular complexity index is 1250. The molecule has 4 aromatic rings. The molecule has 0 unspecified atom stereocenters. The third-order valence-electron chi connectivity index (χ3n) is 5.96. The van der Waals surface area contributed by atoms with Crippen molar-refractivity contribution in [2.75, 3.05) is 57.3 Å². The first-order valence-electron chi connectivity index (χ1n) is 11.7. The molecule has 188 valence electrons. The van der Waals surface area contributed by atoms with Crippen LogP contribution in [0.5, 0.6) is 0 Å². The van der Waals surface area contributed by atoms with Crippen LogP contribution < -0.4 is 20.9 Å². The Morgan fingerprint density at radius 2 is 1.20 bits per heavy atom. The van der Waals surface area contributed by atoms with E-state index >= 15 is 0 Å². The molecule has 4 heterocycles. The maximum absolute atomic E-state index is 13.1. The lowest BCUT2D eigenvalue weighted by atomic mass is 10.3. The van der Waals surface area contributed by atoms with Crippen LogP contribution in [0.3, 0.4) is 0 Å². The highest BCUT2D eigenvalue weighted by Crippen LogP contribution is 2.22. The van der Waals surface area contributed by atoms with Crippen LogP contribution in [0, 0.1) is 11.6 Å². The van der Waals surface area contributed by atoms with Crippen molar-refractivity contribution in [3.05, 3.63) is 53.3 Å². The largest absolute Gasteiger partial charge is 0.340 e. The lowest BCUT2D eigenvalue weighted by Crippen LogP contribution is -2.44. The first kappa shape index (κ1) is 25.3. The maximum Gasteiger partial charge on any atom is 0.206 e. The van der Waals surface area contributed by atoms with E-state index in [2.05, 4.69) is 30.8 Å². The van der Waals surface area contributed by atoms with E-state index in [1.54, 1.807) is 23.7 Å². The lowest BCUT2D eigenvalue weighted by molar-refractivity contribution is 0.534. The fraction of sp³-hybridized carbons (Fsp3) is 0.417. The van der Waals surface area contributed by atoms with E-state index in [9.17, 15) is 8.78 Å². The summed E-state index contributed by atoms with van der Waals surface area (Å²) in [7, 11) is 3.76. The highest BCUT2D eigenvalue weighted by atomic mass is 35.5. The molecule has 2 aliphatic heterocycles. The minimum Gasteiger partial charge on any atom is -0.340 e. The van der Waals surface area contributed by atoms with Crippen LogP contribution in [0.2, 0.25) is 5.28 Å². The molecule has 35 heavy (non-hydrogen) atoms. The standard InChI is InChI=1S/C12H15FN4.C8H6ClFN2.C4H10N2/c1-16-11-3-2-9(13)8-10(11)15-12(16)17-6-4-14-5-7-17;1-12-7-3-2-5(10)4-6(7)11-8(12)9;1-2-6-4-3-5-1/h2-3,8,14H,4-7H2,1H3;2-4H,1H3;5-6H,1-4H2. The predicted molar refractivity (Wildman–Crippen MR) is 137 cm³/mol. The minimum atomic E-state index is -0.294. The Morgan fingerprint density at radius 1 is 0.714 bits per heavy atom. The van der Waals surface area contributed by atoms with Gasteiger partial charge < -0.3 is 30.0 Å². The van der Waals surface area contributed by atoms with Crippen molar-refractivity contribution >= 4 is 39.6 Å². The van der Waals surface area contributed by atoms with Gasteiger partial charge in [0.25, 0.3) is 0 Å². The van der Waals surface area contributed by atoms with Crippen LogP contribution in [-0.4, -0.2) is 71.5 Å². The third-order valence-corrected chi connectivity index (χ3v) is 6.30. The van der Waals surface area contributed by atoms with Crippen LogP contribution in [-0.2, 0) is 14.1 Å². The summed E-state index contributed by atoms with van der Waals surface area (Å²) in [6.07, 6.45) is 0. The van der Waals surface area contributed by atoms with Crippen LogP contribution >= 0.6 is 11.6 Å². The predicted octanol–water partition coefficient (Wildman–Crippen LogP) is 2.67. The SMILES string of the molecule is C1CNCCN1.Cn1c(Cl)nc2cc(F)ccc21.Cn1c(N2CCNCC2)nc2cc(F)ccc21. The zero-order valence-corrected chi connectivity index (χ0v) is 20.7. The fourth-order valence-electron chi connectivity index (χ4n) is 4.06. The molecule has 0 bridgehead atoms. The van der Waals surface area contributed by atoms with Gasteiger partial charge in [-0.1, -0.05) is 0 Å². The van der Waals surface area contributed by atoms with Gasteiger partial charge >= 0.3 is 0 Å². The Kier molecular flexibility index (Phi) is 8.50. The van der Waals surface area contributed by atoms with Crippen molar-refractivity contribution in [3.63, 3.8) is 0 Å². The number of anilines is 1. The number of benzene rings is 2. The van der Waals surface area contributed by atoms with Gasteiger partial charge in [0.15, 0.2) is 0 Å². The number of nitrogens with one attached hydrogen (secondary N) is 3. The molecule has 8 nitrogen and oxygen atoms in total. The lowest BCUT2D eigenvalue weighted by Gasteiger charge is -2.28. The molecule has 2 fully saturated rings. The van der Waals surface area contributed by atoms with Crippen LogP contribution in [0.4, 0.5) is 14.7 Å². The van der Waals surface area contributed by atoms with Gasteiger partial charge in [-0.25, -0.2) is 18.7 Å². The molecule has 2 aromatic heterocycles. The van der Waals surface area contributed by atoms with Gasteiger partial charge in [0.05, 0.1) is 22.1 Å². The summed E-state index contributed by atoms with van der Waals surface area (Å²) in [4.78, 5) is 10.7. The van der Waals surface area contributed by atoms with Crippen molar-refractivity contribution in [3.8, 4) is 0 Å². The molecule has 0 amide bonds. The summed E-state index contributed by atoms with van der Waals surface area (Å²) in [6, 6.07) is 9.15. The van der Waals surface area contributed by atoms with E-state index in [0.29, 0.717) is 10.8 Å². The Balaban J connectivity index is 0.000000139. The second-order valence-electron chi connectivity index (χ2n) is 8.41. The van der Waals surface area contributed by atoms with Crippen molar-refractivity contribution in [2.24, 2.45) is 14.1 Å². The highest BCUT2D eigenvalue weighted by Gasteiger charge is 2.17. The first-order valence-corrected chi connectivity index (χ1v) is 12.1. The molecule has 2 saturated heterocycles. The molecule has 3 N–H and O–H groups in total. The molecule has 2 aliphatic rings. The molecule has 0 radical (unpaired) electrons. The summed E-state index contributed by atoms with van der Waals surface area (Å²) in [6.45, 7) is 8.38. The van der Waals surface area contributed by atoms with Gasteiger partial charge in [0.2, 0.25) is 11.2 Å². The zero-order valence-electron chi connectivity index (χ0n) is 20.0. The molecule has 0 saturated carbocycles. The smallest absolute Gasteiger partial charge is 0.206 e. The molecule has 11 heteroatoms. The summed E-state index contributed by atoms with van der Waals surface area (Å²) < 4.78 is 29.6. The topological polar surface area (TPSA) is 75.0 Å². The number of nitrogens with zero attached hydrogens (tertiary/aromatic N) is 5. The van der Waals surface area contributed by atoms with Crippen LogP contribution in [0.15, 0.2) is 36.4 Å². The number of halogens is 3. The molecule has 2 aromatic carbocycles. The number of hydrogen-bond donors (Lipinski definition) is 3. The second kappa shape index (κ2) is 11.8. The number of fused-ring (bicyclic) bond motifs is 2. The van der Waals surface area contributed by atoms with E-state index in [-0.39, 0.29) is 11.6 Å². The van der Waals surface area contributed by atoms with E-state index in [1.165, 1.54) is 24.3 Å². The van der Waals surface area contributed by atoms with E-state index < -0.39 is 0 Å². The van der Waals surface area contributed by atoms with Crippen molar-refractivity contribution < 1.29 is 8.78 Å². The van der Waals surface area contributed by atoms with Gasteiger partial charge in [-0.3, -0.25) is 0 Å². The summed E-state index contributed by atoms with van der Waals surface area (Å²) in [5, 5.41) is 10.1. The van der Waals surface area contributed by atoms with Crippen molar-refractivity contribution in [1.29, 1.82) is 0 Å². The molecule has 0 spiro atoms. The zero-order chi connectivity index (χ0) is 24.8. The van der Waals surface area contributed by atoms with E-state index in [1.807, 2.05) is 11.6 Å². The number of rotatable bonds is 1. The quantitative estimate of drug-likeness (QED) is 0.370. The molecule has 0 atom stereocenters. The Labute approximate surface area is 208 Å². The Hall–Kier alpha value is -2.79. The van der Waals surface area contributed by atoms with Crippen LogP contribution in [0.1, 0.15) is 0 Å². The molecule has 6 rings (SSSR count). The number of hydrogen-bond acceptors (Lipinski definition) is 6. The second-order valence-corrected chi connectivity index (χ2v) is 8.75. The van der Waals surface area contributed by atoms with Gasteiger partial charge in [-0.05, 0) is 35.9 Å². The number of imidazole rings is 2. The summed E-state index contributed by atoms with van der Waals surface area (Å²) in [5.74, 6) is 0.395. The monoisotopic (exact) mass is 504 g/mol. The normalized spacial score (nSPS) is 16.0. The van der Waals surface area contributed by atoms with Gasteiger partial charge in [-0.2, -0.15) is 0 Å². The average molecular weight is 505 g/mol. The van der Waals surface area contributed by atoms with Crippen molar-refractivity contribution in [2.45, 2.75) is 0 Å². The molecular formula is C24H31ClF2N8. The van der Waals surface area contributed by atoms with E-state index in [4.69, 9.17) is 11.6 Å². The third kappa shape index (κ3) is 6.26. The average Bonchev–Trinajstić information content (AvgIpc) is 3.36. The Morgan fingerprint density at radius 3 is 1.74 bits per heavy atom. The highest BCUT2D eigenvalue weighted by molar-refractivity contribution is 6.29. The van der Waals surface area contributed by atoms with Gasteiger partial charge in [-0.15, -0.1) is 0 Å². The fourth-order valence-corrected chi connectivity index (χ4v) is 4.24. The van der Waals surface area contributed by atoms with Crippen LogP contribution in [0.25, 0.3) is 22.1 Å². The number of aryl methyl sites for hydroxylation is 2. The maximum atomic E-state index is 13.1. The number of aromatic nitrogens is 4. The minimum absolute atomic E-state index is 0.234. The molecule has 0 aliphatic carbocycles. The number of piperazine rings is 2.